The van der Waals surface area contributed by atoms with E-state index in [1.54, 1.807) is 6.20 Å². The van der Waals surface area contributed by atoms with Gasteiger partial charge in [-0.05, 0) is 29.3 Å². The number of benzene rings is 1. The van der Waals surface area contributed by atoms with Crippen molar-refractivity contribution in [3.8, 4) is 11.1 Å². The van der Waals surface area contributed by atoms with E-state index in [9.17, 15) is 0 Å². The SMILES string of the molecule is N=C(N)SCCc1ccc(-c2cn[nH]c2SC(=N)N)cc1. The number of hydrogen-bond acceptors (Lipinski definition) is 5. The molecule has 21 heavy (non-hydrogen) atoms. The maximum atomic E-state index is 7.34. The van der Waals surface area contributed by atoms with Crippen LogP contribution in [-0.2, 0) is 6.42 Å². The summed E-state index contributed by atoms with van der Waals surface area (Å²) < 4.78 is 0. The topological polar surface area (TPSA) is 128 Å². The third-order valence-electron chi connectivity index (χ3n) is 2.73. The third kappa shape index (κ3) is 4.54. The molecule has 0 amide bonds. The maximum absolute atomic E-state index is 7.34. The molecule has 0 aliphatic heterocycles. The van der Waals surface area contributed by atoms with E-state index >= 15 is 0 Å². The zero-order chi connectivity index (χ0) is 15.2. The minimum atomic E-state index is 0.0263. The molecule has 1 heterocycles. The molecule has 0 spiro atoms. The summed E-state index contributed by atoms with van der Waals surface area (Å²) in [6.45, 7) is 0. The molecule has 1 aromatic heterocycles. The van der Waals surface area contributed by atoms with Gasteiger partial charge in [0.05, 0.1) is 6.20 Å². The van der Waals surface area contributed by atoms with Gasteiger partial charge in [0.25, 0.3) is 0 Å². The lowest BCUT2D eigenvalue weighted by atomic mass is 10.1. The molecule has 0 saturated carbocycles. The fraction of sp³-hybridized carbons (Fsp3) is 0.154. The highest BCUT2D eigenvalue weighted by molar-refractivity contribution is 8.13. The molecule has 2 rings (SSSR count). The lowest BCUT2D eigenvalue weighted by molar-refractivity contribution is 1.01. The van der Waals surface area contributed by atoms with Gasteiger partial charge in [-0.15, -0.1) is 0 Å². The van der Waals surface area contributed by atoms with E-state index in [-0.39, 0.29) is 10.3 Å². The van der Waals surface area contributed by atoms with Gasteiger partial charge in [-0.25, -0.2) is 0 Å². The molecule has 6 nitrogen and oxygen atoms in total. The van der Waals surface area contributed by atoms with Crippen LogP contribution in [0, 0.1) is 10.8 Å². The second kappa shape index (κ2) is 7.19. The highest BCUT2D eigenvalue weighted by Gasteiger charge is 2.09. The number of aryl methyl sites for hydroxylation is 1. The van der Waals surface area contributed by atoms with Crippen LogP contribution in [0.2, 0.25) is 0 Å². The van der Waals surface area contributed by atoms with E-state index in [2.05, 4.69) is 10.2 Å². The van der Waals surface area contributed by atoms with Crippen LogP contribution in [0.5, 0.6) is 0 Å². The van der Waals surface area contributed by atoms with Crippen LogP contribution in [-0.4, -0.2) is 26.3 Å². The molecule has 0 radical (unpaired) electrons. The van der Waals surface area contributed by atoms with Crippen molar-refractivity contribution in [2.24, 2.45) is 11.5 Å². The smallest absolute Gasteiger partial charge is 0.157 e. The van der Waals surface area contributed by atoms with Crippen LogP contribution < -0.4 is 11.5 Å². The monoisotopic (exact) mass is 320 g/mol. The number of nitrogens with one attached hydrogen (secondary N) is 3. The van der Waals surface area contributed by atoms with Gasteiger partial charge in [-0.3, -0.25) is 15.9 Å². The molecule has 110 valence electrons. The third-order valence-corrected chi connectivity index (χ3v) is 4.18. The summed E-state index contributed by atoms with van der Waals surface area (Å²) in [6, 6.07) is 8.13. The minimum absolute atomic E-state index is 0.0263. The Balaban J connectivity index is 2.07. The summed E-state index contributed by atoms with van der Waals surface area (Å²) >= 11 is 2.49. The Hall–Kier alpha value is -1.93. The second-order valence-corrected chi connectivity index (χ2v) is 6.43. The quantitative estimate of drug-likeness (QED) is 0.328. The Labute approximate surface area is 131 Å². The number of thioether (sulfide) groups is 2. The average molecular weight is 320 g/mol. The van der Waals surface area contributed by atoms with Crippen LogP contribution in [0.3, 0.4) is 0 Å². The number of aromatic nitrogens is 2. The van der Waals surface area contributed by atoms with Crippen LogP contribution >= 0.6 is 23.5 Å². The first-order chi connectivity index (χ1) is 10.1. The standard InChI is InChI=1S/C13H16N6S2/c14-12(15)20-6-5-8-1-3-9(4-2-8)10-7-18-19-11(10)21-13(16)17/h1-4,7H,5-6H2,(H3,14,15)(H3,16,17)(H,18,19). The van der Waals surface area contributed by atoms with E-state index in [4.69, 9.17) is 22.3 Å². The highest BCUT2D eigenvalue weighted by Crippen LogP contribution is 2.29. The predicted octanol–water partition coefficient (Wildman–Crippen LogP) is 2.23. The van der Waals surface area contributed by atoms with E-state index < -0.39 is 0 Å². The number of H-pyrrole nitrogens is 1. The van der Waals surface area contributed by atoms with Gasteiger partial charge in [0.2, 0.25) is 0 Å². The van der Waals surface area contributed by atoms with Gasteiger partial charge in [-0.2, -0.15) is 5.10 Å². The Kier molecular flexibility index (Phi) is 5.29. The molecule has 0 saturated heterocycles. The lowest BCUT2D eigenvalue weighted by Crippen LogP contribution is -2.05. The van der Waals surface area contributed by atoms with Gasteiger partial charge < -0.3 is 11.5 Å². The second-order valence-electron chi connectivity index (χ2n) is 4.24. The molecule has 1 aromatic carbocycles. The summed E-state index contributed by atoms with van der Waals surface area (Å²) in [7, 11) is 0. The molecule has 0 aliphatic rings. The summed E-state index contributed by atoms with van der Waals surface area (Å²) in [5, 5.41) is 22.3. The Morgan fingerprint density at radius 1 is 1.14 bits per heavy atom. The number of nitrogens with zero attached hydrogens (tertiary/aromatic N) is 1. The van der Waals surface area contributed by atoms with Crippen molar-refractivity contribution in [1.29, 1.82) is 10.8 Å². The summed E-state index contributed by atoms with van der Waals surface area (Å²) in [5.41, 5.74) is 13.9. The van der Waals surface area contributed by atoms with E-state index in [0.717, 1.165) is 40.1 Å². The maximum Gasteiger partial charge on any atom is 0.157 e. The molecule has 2 aromatic rings. The van der Waals surface area contributed by atoms with Crippen molar-refractivity contribution >= 4 is 33.9 Å². The van der Waals surface area contributed by atoms with Gasteiger partial charge in [0.1, 0.15) is 5.03 Å². The van der Waals surface area contributed by atoms with Crippen LogP contribution in [0.15, 0.2) is 35.5 Å². The van der Waals surface area contributed by atoms with Crippen molar-refractivity contribution in [2.75, 3.05) is 5.75 Å². The molecule has 0 atom stereocenters. The van der Waals surface area contributed by atoms with E-state index in [0.29, 0.717) is 0 Å². The Morgan fingerprint density at radius 2 is 1.86 bits per heavy atom. The largest absolute Gasteiger partial charge is 0.379 e. The molecular weight excluding hydrogens is 304 g/mol. The first kappa shape index (κ1) is 15.5. The molecule has 0 fully saturated rings. The van der Waals surface area contributed by atoms with Crippen molar-refractivity contribution in [3.63, 3.8) is 0 Å². The fourth-order valence-electron chi connectivity index (χ4n) is 1.80. The zero-order valence-corrected chi connectivity index (χ0v) is 12.9. The molecular formula is C13H16N6S2. The van der Waals surface area contributed by atoms with Gasteiger partial charge in [0.15, 0.2) is 10.3 Å². The van der Waals surface area contributed by atoms with Crippen LogP contribution in [0.25, 0.3) is 11.1 Å². The van der Waals surface area contributed by atoms with Crippen molar-refractivity contribution < 1.29 is 0 Å². The fourth-order valence-corrected chi connectivity index (χ4v) is 2.95. The number of nitrogens with two attached hydrogens (primary N) is 2. The van der Waals surface area contributed by atoms with E-state index in [1.165, 1.54) is 17.3 Å². The zero-order valence-electron chi connectivity index (χ0n) is 11.2. The molecule has 0 unspecified atom stereocenters. The number of amidine groups is 2. The number of aromatic amines is 1. The van der Waals surface area contributed by atoms with Crippen LogP contribution in [0.1, 0.15) is 5.56 Å². The highest BCUT2D eigenvalue weighted by atomic mass is 32.2. The van der Waals surface area contributed by atoms with Crippen molar-refractivity contribution in [1.82, 2.24) is 10.2 Å². The first-order valence-corrected chi connectivity index (χ1v) is 7.98. The predicted molar refractivity (Wildman–Crippen MR) is 89.9 cm³/mol. The van der Waals surface area contributed by atoms with E-state index in [1.807, 2.05) is 24.3 Å². The van der Waals surface area contributed by atoms with Gasteiger partial charge in [0, 0.05) is 11.3 Å². The first-order valence-electron chi connectivity index (χ1n) is 6.17. The molecule has 8 heteroatoms. The Bertz CT molecular complexity index is 634. The van der Waals surface area contributed by atoms with Crippen molar-refractivity contribution in [3.05, 3.63) is 36.0 Å². The molecule has 0 aliphatic carbocycles. The number of rotatable bonds is 5. The number of hydrogen-bond donors (Lipinski definition) is 5. The van der Waals surface area contributed by atoms with Crippen LogP contribution in [0.4, 0.5) is 0 Å². The molecule has 7 N–H and O–H groups in total. The lowest BCUT2D eigenvalue weighted by Gasteiger charge is -2.04. The minimum Gasteiger partial charge on any atom is -0.379 e. The van der Waals surface area contributed by atoms with Gasteiger partial charge in [-0.1, -0.05) is 36.0 Å². The van der Waals surface area contributed by atoms with Gasteiger partial charge >= 0.3 is 0 Å². The van der Waals surface area contributed by atoms with Crippen molar-refractivity contribution in [2.45, 2.75) is 11.4 Å². The molecule has 0 bridgehead atoms. The Morgan fingerprint density at radius 3 is 2.48 bits per heavy atom. The average Bonchev–Trinajstić information content (AvgIpc) is 2.86. The summed E-state index contributed by atoms with van der Waals surface area (Å²) in [4.78, 5) is 0. The normalized spacial score (nSPS) is 10.5. The summed E-state index contributed by atoms with van der Waals surface area (Å²) in [6.07, 6.45) is 2.59. The summed E-state index contributed by atoms with van der Waals surface area (Å²) in [5.74, 6) is 0.797.